The highest BCUT2D eigenvalue weighted by Crippen LogP contribution is 2.30. The molecule has 0 saturated carbocycles. The second kappa shape index (κ2) is 6.14. The lowest BCUT2D eigenvalue weighted by Gasteiger charge is -2.17. The molecule has 5 heteroatoms. The summed E-state index contributed by atoms with van der Waals surface area (Å²) in [6.45, 7) is 6.12. The zero-order valence-corrected chi connectivity index (χ0v) is 12.9. The van der Waals surface area contributed by atoms with Crippen LogP contribution in [0.15, 0.2) is 36.4 Å². The minimum Gasteiger partial charge on any atom is -0.377 e. The number of anilines is 1. The van der Waals surface area contributed by atoms with Gasteiger partial charge in [-0.25, -0.2) is 0 Å². The monoisotopic (exact) mass is 304 g/mol. The maximum Gasteiger partial charge on any atom is 0.271 e. The second-order valence-electron chi connectivity index (χ2n) is 5.13. The lowest BCUT2D eigenvalue weighted by Crippen LogP contribution is -2.07. The van der Waals surface area contributed by atoms with Crippen molar-refractivity contribution < 1.29 is 4.92 Å². The molecular weight excluding hydrogens is 288 g/mol. The Hall–Kier alpha value is -2.07. The van der Waals surface area contributed by atoms with Gasteiger partial charge in [-0.05, 0) is 43.5 Å². The normalized spacial score (nSPS) is 12.0. The third-order valence-corrected chi connectivity index (χ3v) is 3.89. The Labute approximate surface area is 128 Å². The minimum atomic E-state index is -0.428. The summed E-state index contributed by atoms with van der Waals surface area (Å²) < 4.78 is 0. The predicted octanol–water partition coefficient (Wildman–Crippen LogP) is 5.04. The van der Waals surface area contributed by atoms with Crippen LogP contribution < -0.4 is 5.32 Å². The zero-order chi connectivity index (χ0) is 15.6. The van der Waals surface area contributed by atoms with Crippen LogP contribution in [-0.2, 0) is 0 Å². The van der Waals surface area contributed by atoms with E-state index in [9.17, 15) is 10.1 Å². The minimum absolute atomic E-state index is 0.00352. The van der Waals surface area contributed by atoms with Gasteiger partial charge in [0.25, 0.3) is 5.69 Å². The first-order valence-electron chi connectivity index (χ1n) is 6.66. The molecule has 1 atom stereocenters. The molecule has 0 aliphatic rings. The maximum atomic E-state index is 10.8. The van der Waals surface area contributed by atoms with Crippen LogP contribution in [0.4, 0.5) is 11.4 Å². The number of aryl methyl sites for hydroxylation is 2. The molecule has 0 fully saturated rings. The number of non-ortho nitro benzene ring substituents is 1. The molecule has 4 nitrogen and oxygen atoms in total. The van der Waals surface area contributed by atoms with Crippen molar-refractivity contribution >= 4 is 23.0 Å². The van der Waals surface area contributed by atoms with Crippen molar-refractivity contribution in [2.45, 2.75) is 26.8 Å². The topological polar surface area (TPSA) is 55.2 Å². The molecule has 0 aromatic heterocycles. The Balaban J connectivity index is 2.26. The van der Waals surface area contributed by atoms with Gasteiger partial charge < -0.3 is 5.32 Å². The van der Waals surface area contributed by atoms with E-state index in [1.54, 1.807) is 0 Å². The van der Waals surface area contributed by atoms with Crippen molar-refractivity contribution in [3.05, 3.63) is 68.2 Å². The van der Waals surface area contributed by atoms with Crippen molar-refractivity contribution in [1.29, 1.82) is 0 Å². The molecule has 21 heavy (non-hydrogen) atoms. The maximum absolute atomic E-state index is 10.8. The molecule has 0 heterocycles. The fourth-order valence-electron chi connectivity index (χ4n) is 2.09. The van der Waals surface area contributed by atoms with Crippen LogP contribution in [-0.4, -0.2) is 4.92 Å². The number of nitrogens with one attached hydrogen (secondary N) is 1. The Kier molecular flexibility index (Phi) is 4.48. The summed E-state index contributed by atoms with van der Waals surface area (Å²) in [5.41, 5.74) is 4.15. The molecule has 1 N–H and O–H groups in total. The first-order valence-corrected chi connectivity index (χ1v) is 7.04. The zero-order valence-electron chi connectivity index (χ0n) is 12.2. The van der Waals surface area contributed by atoms with Crippen LogP contribution in [0.2, 0.25) is 5.02 Å². The van der Waals surface area contributed by atoms with E-state index in [-0.39, 0.29) is 11.7 Å². The number of hydrogen-bond donors (Lipinski definition) is 1. The van der Waals surface area contributed by atoms with Gasteiger partial charge in [0.2, 0.25) is 0 Å². The average Bonchev–Trinajstić information content (AvgIpc) is 2.43. The highest BCUT2D eigenvalue weighted by Gasteiger charge is 2.13. The van der Waals surface area contributed by atoms with Crippen LogP contribution in [0, 0.1) is 24.0 Å². The number of benzene rings is 2. The standard InChI is InChI=1S/C16H17ClN2O2/c1-10-4-5-13(8-11(10)2)12(3)18-16-9-14(19(20)21)6-7-15(16)17/h4-9,12,18H,1-3H3. The van der Waals surface area contributed by atoms with Crippen LogP contribution in [0.25, 0.3) is 0 Å². The molecular formula is C16H17ClN2O2. The van der Waals surface area contributed by atoms with E-state index in [0.29, 0.717) is 10.7 Å². The molecule has 1 unspecified atom stereocenters. The van der Waals surface area contributed by atoms with Gasteiger partial charge in [0.1, 0.15) is 0 Å². The van der Waals surface area contributed by atoms with Crippen LogP contribution in [0.5, 0.6) is 0 Å². The van der Waals surface area contributed by atoms with Gasteiger partial charge in [0.15, 0.2) is 0 Å². The fraction of sp³-hybridized carbons (Fsp3) is 0.250. The molecule has 2 aromatic rings. The van der Waals surface area contributed by atoms with E-state index >= 15 is 0 Å². The molecule has 0 bridgehead atoms. The highest BCUT2D eigenvalue weighted by molar-refractivity contribution is 6.33. The van der Waals surface area contributed by atoms with E-state index in [1.165, 1.54) is 29.3 Å². The Morgan fingerprint density at radius 1 is 1.14 bits per heavy atom. The van der Waals surface area contributed by atoms with Gasteiger partial charge in [-0.15, -0.1) is 0 Å². The summed E-state index contributed by atoms with van der Waals surface area (Å²) in [7, 11) is 0. The van der Waals surface area contributed by atoms with Gasteiger partial charge >= 0.3 is 0 Å². The molecule has 2 rings (SSSR count). The van der Waals surface area contributed by atoms with E-state index in [4.69, 9.17) is 11.6 Å². The number of halogens is 1. The highest BCUT2D eigenvalue weighted by atomic mass is 35.5. The molecule has 0 aliphatic carbocycles. The third-order valence-electron chi connectivity index (χ3n) is 3.56. The summed E-state index contributed by atoms with van der Waals surface area (Å²) in [5.74, 6) is 0. The van der Waals surface area contributed by atoms with Crippen molar-refractivity contribution in [2.75, 3.05) is 5.32 Å². The van der Waals surface area contributed by atoms with Gasteiger partial charge in [-0.2, -0.15) is 0 Å². The summed E-state index contributed by atoms with van der Waals surface area (Å²) in [6, 6.07) is 10.6. The molecule has 0 amide bonds. The lowest BCUT2D eigenvalue weighted by atomic mass is 10.0. The summed E-state index contributed by atoms with van der Waals surface area (Å²) >= 11 is 6.10. The van der Waals surface area contributed by atoms with E-state index < -0.39 is 4.92 Å². The van der Waals surface area contributed by atoms with Gasteiger partial charge in [-0.3, -0.25) is 10.1 Å². The molecule has 0 spiro atoms. The molecule has 2 aromatic carbocycles. The van der Waals surface area contributed by atoms with E-state index in [1.807, 2.05) is 13.0 Å². The molecule has 110 valence electrons. The van der Waals surface area contributed by atoms with Crippen molar-refractivity contribution in [1.82, 2.24) is 0 Å². The van der Waals surface area contributed by atoms with Gasteiger partial charge in [0.05, 0.1) is 15.6 Å². The van der Waals surface area contributed by atoms with Crippen LogP contribution in [0.1, 0.15) is 29.7 Å². The third kappa shape index (κ3) is 3.52. The Bertz CT molecular complexity index is 686. The number of rotatable bonds is 4. The second-order valence-corrected chi connectivity index (χ2v) is 5.54. The smallest absolute Gasteiger partial charge is 0.271 e. The first-order chi connectivity index (χ1) is 9.88. The molecule has 0 aliphatic heterocycles. The van der Waals surface area contributed by atoms with E-state index in [0.717, 1.165) is 5.56 Å². The van der Waals surface area contributed by atoms with Crippen molar-refractivity contribution in [3.8, 4) is 0 Å². The number of nitro benzene ring substituents is 1. The number of nitrogens with zero attached hydrogens (tertiary/aromatic N) is 1. The predicted molar refractivity (Wildman–Crippen MR) is 86.1 cm³/mol. The molecule has 0 radical (unpaired) electrons. The SMILES string of the molecule is Cc1ccc(C(C)Nc2cc([N+](=O)[O-])ccc2Cl)cc1C. The Morgan fingerprint density at radius 2 is 1.86 bits per heavy atom. The van der Waals surface area contributed by atoms with Crippen LogP contribution in [0.3, 0.4) is 0 Å². The van der Waals surface area contributed by atoms with Crippen LogP contribution >= 0.6 is 11.6 Å². The molecule has 0 saturated heterocycles. The number of hydrogen-bond acceptors (Lipinski definition) is 3. The van der Waals surface area contributed by atoms with Crippen molar-refractivity contribution in [3.63, 3.8) is 0 Å². The van der Waals surface area contributed by atoms with Gasteiger partial charge in [-0.1, -0.05) is 29.8 Å². The first kappa shape index (κ1) is 15.3. The quantitative estimate of drug-likeness (QED) is 0.636. The lowest BCUT2D eigenvalue weighted by molar-refractivity contribution is -0.384. The van der Waals surface area contributed by atoms with E-state index in [2.05, 4.69) is 31.3 Å². The van der Waals surface area contributed by atoms with Crippen molar-refractivity contribution in [2.24, 2.45) is 0 Å². The fourth-order valence-corrected chi connectivity index (χ4v) is 2.26. The average molecular weight is 305 g/mol. The summed E-state index contributed by atoms with van der Waals surface area (Å²) in [5, 5.41) is 14.5. The van der Waals surface area contributed by atoms with Gasteiger partial charge in [0, 0.05) is 18.2 Å². The summed E-state index contributed by atoms with van der Waals surface area (Å²) in [4.78, 5) is 10.4. The largest absolute Gasteiger partial charge is 0.377 e. The number of nitro groups is 1. The Morgan fingerprint density at radius 3 is 2.48 bits per heavy atom. The summed E-state index contributed by atoms with van der Waals surface area (Å²) in [6.07, 6.45) is 0.